The molecule has 3 nitrogen and oxygen atoms in total. The minimum atomic E-state index is 0.657. The van der Waals surface area contributed by atoms with E-state index in [-0.39, 0.29) is 0 Å². The van der Waals surface area contributed by atoms with Crippen molar-refractivity contribution in [2.45, 2.75) is 50.4 Å². The van der Waals surface area contributed by atoms with Gasteiger partial charge in [0, 0.05) is 24.7 Å². The molecular weight excluding hydrogens is 234 g/mol. The van der Waals surface area contributed by atoms with Gasteiger partial charge in [-0.15, -0.1) is 0 Å². The molecule has 2 atom stereocenters. The molecule has 2 aliphatic heterocycles. The number of hydrogen-bond donors (Lipinski definition) is 1. The summed E-state index contributed by atoms with van der Waals surface area (Å²) in [5, 5.41) is 12.5. The number of nitrogens with one attached hydrogen (secondary N) is 1. The van der Waals surface area contributed by atoms with E-state index in [0.717, 1.165) is 24.2 Å². The Bertz CT molecular complexity index is 460. The molecule has 0 aromatic heterocycles. The third-order valence-corrected chi connectivity index (χ3v) is 4.78. The van der Waals surface area contributed by atoms with Gasteiger partial charge in [0.2, 0.25) is 0 Å². The van der Waals surface area contributed by atoms with Crippen LogP contribution < -0.4 is 5.32 Å². The van der Waals surface area contributed by atoms with Gasteiger partial charge in [-0.3, -0.25) is 0 Å². The molecule has 0 amide bonds. The molecule has 2 aliphatic rings. The molecule has 3 heteroatoms. The minimum absolute atomic E-state index is 0.657. The zero-order valence-electron chi connectivity index (χ0n) is 11.5. The van der Waals surface area contributed by atoms with Gasteiger partial charge in [-0.05, 0) is 50.4 Å². The summed E-state index contributed by atoms with van der Waals surface area (Å²) in [5.41, 5.74) is 2.01. The Kier molecular flexibility index (Phi) is 3.54. The van der Waals surface area contributed by atoms with Crippen LogP contribution in [0.2, 0.25) is 0 Å². The molecule has 1 aromatic rings. The van der Waals surface area contributed by atoms with Crippen LogP contribution in [0.25, 0.3) is 0 Å². The monoisotopic (exact) mass is 255 g/mol. The fourth-order valence-electron chi connectivity index (χ4n) is 3.54. The summed E-state index contributed by atoms with van der Waals surface area (Å²) in [6.45, 7) is 0.916. The third kappa shape index (κ3) is 2.65. The highest BCUT2D eigenvalue weighted by Crippen LogP contribution is 2.34. The second kappa shape index (κ2) is 5.32. The molecule has 0 radical (unpaired) electrons. The van der Waals surface area contributed by atoms with Crippen molar-refractivity contribution in [3.63, 3.8) is 0 Å². The van der Waals surface area contributed by atoms with Crippen molar-refractivity contribution < 1.29 is 0 Å². The molecule has 2 saturated heterocycles. The Hall–Kier alpha value is -1.37. The Labute approximate surface area is 115 Å². The molecule has 3 rings (SSSR count). The highest BCUT2D eigenvalue weighted by atomic mass is 15.2. The third-order valence-electron chi connectivity index (χ3n) is 4.78. The normalized spacial score (nSPS) is 30.2. The van der Waals surface area contributed by atoms with Crippen LogP contribution in [0.15, 0.2) is 24.3 Å². The molecule has 100 valence electrons. The number of fused-ring (bicyclic) bond motifs is 2. The van der Waals surface area contributed by atoms with E-state index in [9.17, 15) is 0 Å². The van der Waals surface area contributed by atoms with Crippen LogP contribution in [-0.2, 0) is 6.54 Å². The van der Waals surface area contributed by atoms with Crippen molar-refractivity contribution in [2.75, 3.05) is 7.05 Å². The first-order chi connectivity index (χ1) is 9.26. The van der Waals surface area contributed by atoms with Crippen LogP contribution in [0.5, 0.6) is 0 Å². The zero-order chi connectivity index (χ0) is 13.2. The van der Waals surface area contributed by atoms with E-state index in [2.05, 4.69) is 35.5 Å². The van der Waals surface area contributed by atoms with Gasteiger partial charge in [-0.2, -0.15) is 5.26 Å². The van der Waals surface area contributed by atoms with Crippen LogP contribution in [0.1, 0.15) is 36.8 Å². The number of piperidine rings is 1. The summed E-state index contributed by atoms with van der Waals surface area (Å²) in [5.74, 6) is 0. The predicted octanol–water partition coefficient (Wildman–Crippen LogP) is 2.27. The van der Waals surface area contributed by atoms with Crippen molar-refractivity contribution >= 4 is 0 Å². The molecule has 1 N–H and O–H groups in total. The summed E-state index contributed by atoms with van der Waals surface area (Å²) in [7, 11) is 2.28. The maximum absolute atomic E-state index is 8.78. The van der Waals surface area contributed by atoms with Crippen molar-refractivity contribution in [1.82, 2.24) is 10.2 Å². The lowest BCUT2D eigenvalue weighted by Crippen LogP contribution is -2.46. The number of nitriles is 1. The van der Waals surface area contributed by atoms with Gasteiger partial charge >= 0.3 is 0 Å². The first-order valence-corrected chi connectivity index (χ1v) is 7.20. The van der Waals surface area contributed by atoms with Crippen LogP contribution in [-0.4, -0.2) is 30.1 Å². The average molecular weight is 255 g/mol. The molecule has 0 aliphatic carbocycles. The Balaban J connectivity index is 1.54. The number of nitrogens with zero attached hydrogens (tertiary/aromatic N) is 2. The lowest BCUT2D eigenvalue weighted by Gasteiger charge is -2.36. The Morgan fingerprint density at radius 3 is 2.42 bits per heavy atom. The quantitative estimate of drug-likeness (QED) is 0.900. The maximum atomic E-state index is 8.78. The summed E-state index contributed by atoms with van der Waals surface area (Å²) in [6.07, 6.45) is 5.30. The fraction of sp³-hybridized carbons (Fsp3) is 0.562. The highest BCUT2D eigenvalue weighted by molar-refractivity contribution is 5.31. The van der Waals surface area contributed by atoms with E-state index in [0.29, 0.717) is 6.04 Å². The van der Waals surface area contributed by atoms with Crippen LogP contribution in [0, 0.1) is 11.3 Å². The van der Waals surface area contributed by atoms with Gasteiger partial charge in [0.15, 0.2) is 0 Å². The molecule has 2 unspecified atom stereocenters. The second-order valence-corrected chi connectivity index (χ2v) is 5.91. The average Bonchev–Trinajstić information content (AvgIpc) is 2.68. The van der Waals surface area contributed by atoms with E-state index in [1.165, 1.54) is 31.2 Å². The highest BCUT2D eigenvalue weighted by Gasteiger charge is 2.37. The molecule has 1 aromatic carbocycles. The minimum Gasteiger partial charge on any atom is -0.310 e. The van der Waals surface area contributed by atoms with E-state index < -0.39 is 0 Å². The van der Waals surface area contributed by atoms with Gasteiger partial charge in [-0.1, -0.05) is 12.1 Å². The van der Waals surface area contributed by atoms with Gasteiger partial charge < -0.3 is 10.2 Å². The zero-order valence-corrected chi connectivity index (χ0v) is 11.5. The molecule has 2 heterocycles. The molecule has 2 fully saturated rings. The largest absolute Gasteiger partial charge is 0.310 e. The van der Waals surface area contributed by atoms with Gasteiger partial charge in [0.1, 0.15) is 0 Å². The summed E-state index contributed by atoms with van der Waals surface area (Å²) in [6, 6.07) is 12.3. The molecule has 2 bridgehead atoms. The fourth-order valence-corrected chi connectivity index (χ4v) is 3.54. The van der Waals surface area contributed by atoms with Crippen LogP contribution in [0.4, 0.5) is 0 Å². The van der Waals surface area contributed by atoms with Crippen LogP contribution in [0.3, 0.4) is 0 Å². The lowest BCUT2D eigenvalue weighted by atomic mass is 9.98. The SMILES string of the molecule is CN1C2CCC1CC(NCc1ccc(C#N)cc1)C2. The van der Waals surface area contributed by atoms with Crippen molar-refractivity contribution in [3.8, 4) is 6.07 Å². The number of rotatable bonds is 3. The lowest BCUT2D eigenvalue weighted by molar-refractivity contribution is 0.148. The molecule has 19 heavy (non-hydrogen) atoms. The summed E-state index contributed by atoms with van der Waals surface area (Å²) < 4.78 is 0. The summed E-state index contributed by atoms with van der Waals surface area (Å²) in [4.78, 5) is 2.57. The van der Waals surface area contributed by atoms with E-state index in [1.54, 1.807) is 0 Å². The van der Waals surface area contributed by atoms with Crippen LogP contribution >= 0.6 is 0 Å². The number of hydrogen-bond acceptors (Lipinski definition) is 3. The molecular formula is C16H21N3. The van der Waals surface area contributed by atoms with Crippen molar-refractivity contribution in [2.24, 2.45) is 0 Å². The first kappa shape index (κ1) is 12.7. The van der Waals surface area contributed by atoms with E-state index in [1.807, 2.05) is 12.1 Å². The Morgan fingerprint density at radius 2 is 1.84 bits per heavy atom. The van der Waals surface area contributed by atoms with Gasteiger partial charge in [-0.25, -0.2) is 0 Å². The van der Waals surface area contributed by atoms with E-state index in [4.69, 9.17) is 5.26 Å². The van der Waals surface area contributed by atoms with Gasteiger partial charge in [0.05, 0.1) is 11.6 Å². The predicted molar refractivity (Wildman–Crippen MR) is 75.6 cm³/mol. The first-order valence-electron chi connectivity index (χ1n) is 7.20. The van der Waals surface area contributed by atoms with Crippen molar-refractivity contribution in [1.29, 1.82) is 5.26 Å². The van der Waals surface area contributed by atoms with E-state index >= 15 is 0 Å². The standard InChI is InChI=1S/C16H21N3/c1-19-15-6-7-16(19)9-14(8-15)18-11-13-4-2-12(10-17)3-5-13/h2-5,14-16,18H,6-9,11H2,1H3. The second-order valence-electron chi connectivity index (χ2n) is 5.91. The summed E-state index contributed by atoms with van der Waals surface area (Å²) >= 11 is 0. The number of benzene rings is 1. The molecule has 0 spiro atoms. The molecule has 0 saturated carbocycles. The van der Waals surface area contributed by atoms with Gasteiger partial charge in [0.25, 0.3) is 0 Å². The topological polar surface area (TPSA) is 39.1 Å². The Morgan fingerprint density at radius 1 is 1.21 bits per heavy atom. The van der Waals surface area contributed by atoms with Crippen molar-refractivity contribution in [3.05, 3.63) is 35.4 Å². The smallest absolute Gasteiger partial charge is 0.0991 e. The maximum Gasteiger partial charge on any atom is 0.0991 e.